The van der Waals surface area contributed by atoms with Crippen LogP contribution in [0.4, 0.5) is 0 Å². The number of nitrogens with zero attached hydrogens (tertiary/aromatic N) is 1. The van der Waals surface area contributed by atoms with Crippen molar-refractivity contribution in [2.45, 2.75) is 13.8 Å². The lowest BCUT2D eigenvalue weighted by Gasteiger charge is -2.14. The van der Waals surface area contributed by atoms with Crippen LogP contribution in [-0.2, 0) is 0 Å². The number of phenolic OH excluding ortho intramolecular Hbond substituents is 1. The van der Waals surface area contributed by atoms with Crippen LogP contribution in [0.15, 0.2) is 33.2 Å². The van der Waals surface area contributed by atoms with Gasteiger partial charge in [0, 0.05) is 10.9 Å². The minimum Gasteiger partial charge on any atom is -0.502 e. The zero-order valence-electron chi connectivity index (χ0n) is 19.1. The molecule has 0 fully saturated rings. The van der Waals surface area contributed by atoms with E-state index < -0.39 is 0 Å². The maximum Gasteiger partial charge on any atom is 0.203 e. The summed E-state index contributed by atoms with van der Waals surface area (Å²) in [4.78, 5) is 13.9. The maximum atomic E-state index is 13.9. The summed E-state index contributed by atoms with van der Waals surface area (Å²) in [6.07, 6.45) is 0. The summed E-state index contributed by atoms with van der Waals surface area (Å²) < 4.78 is 32.7. The number of furan rings is 1. The first kappa shape index (κ1) is 22.1. The molecule has 2 aromatic carbocycles. The molecule has 172 valence electrons. The summed E-state index contributed by atoms with van der Waals surface area (Å²) in [5.74, 6) is 1.34. The standard InChI is InChI=1S/C24H23NO8/c1-11-18(12(2)33-25-11)24-19(14-7-8-15(28-3)21(27)22(14)32-24)20(26)13-9-16(29-4)23(31-6)17(10-13)30-5/h7-10,27H,1-6H3. The highest BCUT2D eigenvalue weighted by Crippen LogP contribution is 2.45. The fraction of sp³-hybridized carbons (Fsp3) is 0.250. The van der Waals surface area contributed by atoms with E-state index in [1.54, 1.807) is 38.1 Å². The summed E-state index contributed by atoms with van der Waals surface area (Å²) in [6.45, 7) is 3.46. The van der Waals surface area contributed by atoms with E-state index in [2.05, 4.69) is 5.16 Å². The molecule has 2 heterocycles. The Bertz CT molecular complexity index is 1320. The van der Waals surface area contributed by atoms with Gasteiger partial charge in [-0.3, -0.25) is 4.79 Å². The Labute approximate surface area is 189 Å². The van der Waals surface area contributed by atoms with Crippen molar-refractivity contribution in [3.63, 3.8) is 0 Å². The fourth-order valence-electron chi connectivity index (χ4n) is 3.86. The third-order valence-electron chi connectivity index (χ3n) is 5.43. The Kier molecular flexibility index (Phi) is 5.63. The molecule has 0 spiro atoms. The number of methoxy groups -OCH3 is 4. The van der Waals surface area contributed by atoms with E-state index in [0.29, 0.717) is 39.7 Å². The van der Waals surface area contributed by atoms with Gasteiger partial charge in [-0.05, 0) is 38.1 Å². The molecule has 0 atom stereocenters. The van der Waals surface area contributed by atoms with Crippen LogP contribution < -0.4 is 18.9 Å². The van der Waals surface area contributed by atoms with E-state index in [0.717, 1.165) is 0 Å². The zero-order valence-corrected chi connectivity index (χ0v) is 19.1. The van der Waals surface area contributed by atoms with E-state index in [-0.39, 0.29) is 39.8 Å². The summed E-state index contributed by atoms with van der Waals surface area (Å²) >= 11 is 0. The number of hydrogen-bond donors (Lipinski definition) is 1. The number of ketones is 1. The lowest BCUT2D eigenvalue weighted by atomic mass is 9.96. The van der Waals surface area contributed by atoms with Crippen LogP contribution in [0.5, 0.6) is 28.7 Å². The monoisotopic (exact) mass is 453 g/mol. The number of rotatable bonds is 7. The van der Waals surface area contributed by atoms with E-state index in [1.807, 2.05) is 0 Å². The largest absolute Gasteiger partial charge is 0.502 e. The van der Waals surface area contributed by atoms with Crippen molar-refractivity contribution in [2.24, 2.45) is 0 Å². The van der Waals surface area contributed by atoms with Gasteiger partial charge in [0.1, 0.15) is 5.76 Å². The van der Waals surface area contributed by atoms with Crippen LogP contribution in [0, 0.1) is 13.8 Å². The first-order valence-corrected chi connectivity index (χ1v) is 9.96. The van der Waals surface area contributed by atoms with E-state index in [4.69, 9.17) is 27.9 Å². The van der Waals surface area contributed by atoms with Crippen molar-refractivity contribution >= 4 is 16.8 Å². The van der Waals surface area contributed by atoms with Gasteiger partial charge in [-0.2, -0.15) is 0 Å². The highest BCUT2D eigenvalue weighted by molar-refractivity contribution is 6.20. The van der Waals surface area contributed by atoms with Crippen LogP contribution in [0.25, 0.3) is 22.3 Å². The first-order chi connectivity index (χ1) is 15.9. The molecular formula is C24H23NO8. The highest BCUT2D eigenvalue weighted by atomic mass is 16.5. The van der Waals surface area contributed by atoms with Crippen molar-refractivity contribution < 1.29 is 37.8 Å². The number of aryl methyl sites for hydroxylation is 2. The average Bonchev–Trinajstić information content (AvgIpc) is 3.37. The zero-order chi connectivity index (χ0) is 23.9. The molecule has 9 nitrogen and oxygen atoms in total. The summed E-state index contributed by atoms with van der Waals surface area (Å²) in [6, 6.07) is 6.34. The van der Waals surface area contributed by atoms with Crippen molar-refractivity contribution in [3.05, 3.63) is 46.8 Å². The van der Waals surface area contributed by atoms with Crippen molar-refractivity contribution in [1.82, 2.24) is 5.16 Å². The molecular weight excluding hydrogens is 430 g/mol. The Morgan fingerprint density at radius 2 is 1.58 bits per heavy atom. The molecule has 0 aliphatic carbocycles. The third-order valence-corrected chi connectivity index (χ3v) is 5.43. The summed E-state index contributed by atoms with van der Waals surface area (Å²) in [7, 11) is 5.86. The molecule has 1 N–H and O–H groups in total. The number of carbonyl (C=O) groups is 1. The van der Waals surface area contributed by atoms with Crippen molar-refractivity contribution in [2.75, 3.05) is 28.4 Å². The van der Waals surface area contributed by atoms with Crippen LogP contribution in [0.2, 0.25) is 0 Å². The number of hydrogen-bond acceptors (Lipinski definition) is 9. The van der Waals surface area contributed by atoms with Gasteiger partial charge in [0.25, 0.3) is 0 Å². The molecule has 0 unspecified atom stereocenters. The van der Waals surface area contributed by atoms with Crippen LogP contribution >= 0.6 is 0 Å². The van der Waals surface area contributed by atoms with Gasteiger partial charge in [0.05, 0.1) is 45.3 Å². The molecule has 0 saturated heterocycles. The number of benzene rings is 2. The molecule has 33 heavy (non-hydrogen) atoms. The van der Waals surface area contributed by atoms with E-state index in [1.165, 1.54) is 28.4 Å². The van der Waals surface area contributed by atoms with E-state index >= 15 is 0 Å². The Morgan fingerprint density at radius 3 is 2.09 bits per heavy atom. The predicted molar refractivity (Wildman–Crippen MR) is 119 cm³/mol. The van der Waals surface area contributed by atoms with Crippen LogP contribution in [-0.4, -0.2) is 44.5 Å². The van der Waals surface area contributed by atoms with Gasteiger partial charge in [-0.15, -0.1) is 0 Å². The number of aromatic nitrogens is 1. The van der Waals surface area contributed by atoms with Gasteiger partial charge in [-0.25, -0.2) is 0 Å². The summed E-state index contributed by atoms with van der Waals surface area (Å²) in [5.41, 5.74) is 1.68. The third kappa shape index (κ3) is 3.42. The average molecular weight is 453 g/mol. The van der Waals surface area contributed by atoms with Gasteiger partial charge in [0.15, 0.2) is 34.4 Å². The lowest BCUT2D eigenvalue weighted by Crippen LogP contribution is -2.05. The summed E-state index contributed by atoms with van der Waals surface area (Å²) in [5, 5.41) is 15.1. The molecule has 2 aromatic heterocycles. The van der Waals surface area contributed by atoms with Gasteiger partial charge >= 0.3 is 0 Å². The van der Waals surface area contributed by atoms with Crippen molar-refractivity contribution in [3.8, 4) is 40.1 Å². The van der Waals surface area contributed by atoms with Crippen LogP contribution in [0.1, 0.15) is 27.4 Å². The first-order valence-electron chi connectivity index (χ1n) is 9.96. The molecule has 0 bridgehead atoms. The highest BCUT2D eigenvalue weighted by Gasteiger charge is 2.30. The van der Waals surface area contributed by atoms with Crippen LogP contribution in [0.3, 0.4) is 0 Å². The number of ether oxygens (including phenoxy) is 4. The van der Waals surface area contributed by atoms with Crippen molar-refractivity contribution in [1.29, 1.82) is 0 Å². The minimum atomic E-state index is -0.382. The molecule has 4 aromatic rings. The maximum absolute atomic E-state index is 13.9. The minimum absolute atomic E-state index is 0.111. The molecule has 0 aliphatic heterocycles. The number of phenols is 1. The molecule has 0 amide bonds. The van der Waals surface area contributed by atoms with Gasteiger partial charge in [-0.1, -0.05) is 5.16 Å². The smallest absolute Gasteiger partial charge is 0.203 e. The van der Waals surface area contributed by atoms with Gasteiger partial charge < -0.3 is 33.0 Å². The second kappa shape index (κ2) is 8.42. The number of aromatic hydroxyl groups is 1. The normalized spacial score (nSPS) is 11.0. The topological polar surface area (TPSA) is 113 Å². The second-order valence-corrected chi connectivity index (χ2v) is 7.24. The molecule has 0 saturated carbocycles. The molecule has 9 heteroatoms. The lowest BCUT2D eigenvalue weighted by molar-refractivity contribution is 0.103. The molecule has 4 rings (SSSR count). The Morgan fingerprint density at radius 1 is 0.939 bits per heavy atom. The number of carbonyl (C=O) groups excluding carboxylic acids is 1. The Balaban J connectivity index is 2.04. The molecule has 0 aliphatic rings. The Hall–Kier alpha value is -4.14. The van der Waals surface area contributed by atoms with E-state index in [9.17, 15) is 9.90 Å². The number of fused-ring (bicyclic) bond motifs is 1. The second-order valence-electron chi connectivity index (χ2n) is 7.24. The van der Waals surface area contributed by atoms with Gasteiger partial charge in [0.2, 0.25) is 11.5 Å². The quantitative estimate of drug-likeness (QED) is 0.399. The predicted octanol–water partition coefficient (Wildman–Crippen LogP) is 4.68. The molecule has 0 radical (unpaired) electrons. The SMILES string of the molecule is COc1cc(C(=O)c2c(-c3c(C)noc3C)oc3c(O)c(OC)ccc23)cc(OC)c1OC. The fourth-order valence-corrected chi connectivity index (χ4v) is 3.86.